The summed E-state index contributed by atoms with van der Waals surface area (Å²) in [6.45, 7) is 2.14. The Labute approximate surface area is 166 Å². The normalized spacial score (nSPS) is 14.4. The molecule has 9 heteroatoms. The molecule has 1 saturated heterocycles. The molecule has 0 bridgehead atoms. The lowest BCUT2D eigenvalue weighted by Gasteiger charge is -2.29. The third-order valence-corrected chi connectivity index (χ3v) is 4.55. The monoisotopic (exact) mass is 409 g/mol. The first-order valence-electron chi connectivity index (χ1n) is 9.08. The zero-order valence-electron chi connectivity index (χ0n) is 15.9. The third-order valence-electron chi connectivity index (χ3n) is 4.55. The maximum Gasteiger partial charge on any atom is 0.418 e. The van der Waals surface area contributed by atoms with Crippen molar-refractivity contribution in [2.75, 3.05) is 43.6 Å². The van der Waals surface area contributed by atoms with Crippen LogP contribution in [0.5, 0.6) is 5.75 Å². The molecule has 2 aromatic rings. The summed E-state index contributed by atoms with van der Waals surface area (Å²) in [5.74, 6) is 0.674. The standard InChI is InChI=1S/C20H22F3N3O3/c1-28-16-5-2-14(3-6-16)13-24-19(27)25-18-7-4-15(12-17(18)20(21,22)23)26-8-10-29-11-9-26/h2-7,12H,8-11,13H2,1H3,(H2,24,25,27). The Morgan fingerprint density at radius 2 is 1.83 bits per heavy atom. The molecule has 0 saturated carbocycles. The van der Waals surface area contributed by atoms with E-state index in [1.807, 2.05) is 4.90 Å². The highest BCUT2D eigenvalue weighted by Crippen LogP contribution is 2.37. The third kappa shape index (κ3) is 5.54. The molecule has 29 heavy (non-hydrogen) atoms. The minimum Gasteiger partial charge on any atom is -0.497 e. The predicted octanol–water partition coefficient (Wildman–Crippen LogP) is 3.87. The number of carbonyl (C=O) groups is 1. The average molecular weight is 409 g/mol. The number of hydrogen-bond acceptors (Lipinski definition) is 4. The Bertz CT molecular complexity index is 835. The van der Waals surface area contributed by atoms with Gasteiger partial charge in [0, 0.05) is 25.3 Å². The van der Waals surface area contributed by atoms with Crippen LogP contribution in [0.15, 0.2) is 42.5 Å². The van der Waals surface area contributed by atoms with Crippen molar-refractivity contribution in [3.8, 4) is 5.75 Å². The van der Waals surface area contributed by atoms with Crippen LogP contribution in [0.3, 0.4) is 0 Å². The minimum atomic E-state index is -4.60. The van der Waals surface area contributed by atoms with Crippen molar-refractivity contribution in [2.45, 2.75) is 12.7 Å². The fourth-order valence-electron chi connectivity index (χ4n) is 2.99. The van der Waals surface area contributed by atoms with E-state index in [1.165, 1.54) is 6.07 Å². The SMILES string of the molecule is COc1ccc(CNC(=O)Nc2ccc(N3CCOCC3)cc2C(F)(F)F)cc1. The van der Waals surface area contributed by atoms with Gasteiger partial charge in [-0.15, -0.1) is 0 Å². The van der Waals surface area contributed by atoms with Crippen molar-refractivity contribution < 1.29 is 27.4 Å². The van der Waals surface area contributed by atoms with Gasteiger partial charge in [-0.25, -0.2) is 4.79 Å². The quantitative estimate of drug-likeness (QED) is 0.787. The molecule has 0 unspecified atom stereocenters. The molecule has 2 N–H and O–H groups in total. The molecular formula is C20H22F3N3O3. The number of benzene rings is 2. The second-order valence-corrected chi connectivity index (χ2v) is 6.48. The maximum atomic E-state index is 13.5. The average Bonchev–Trinajstić information content (AvgIpc) is 2.73. The van der Waals surface area contributed by atoms with E-state index in [0.29, 0.717) is 37.7 Å². The van der Waals surface area contributed by atoms with Gasteiger partial charge in [0.15, 0.2) is 0 Å². The van der Waals surface area contributed by atoms with Gasteiger partial charge >= 0.3 is 12.2 Å². The number of anilines is 2. The molecule has 0 aromatic heterocycles. The number of ether oxygens (including phenoxy) is 2. The van der Waals surface area contributed by atoms with Gasteiger partial charge in [-0.1, -0.05) is 12.1 Å². The number of morpholine rings is 1. The van der Waals surface area contributed by atoms with Crippen molar-refractivity contribution in [3.05, 3.63) is 53.6 Å². The van der Waals surface area contributed by atoms with Crippen LogP contribution in [-0.4, -0.2) is 39.4 Å². The van der Waals surface area contributed by atoms with E-state index in [2.05, 4.69) is 10.6 Å². The summed E-state index contributed by atoms with van der Waals surface area (Å²) in [5, 5.41) is 4.86. The van der Waals surface area contributed by atoms with E-state index in [1.54, 1.807) is 37.4 Å². The zero-order valence-corrected chi connectivity index (χ0v) is 15.9. The van der Waals surface area contributed by atoms with Gasteiger partial charge in [-0.05, 0) is 35.9 Å². The Morgan fingerprint density at radius 3 is 2.45 bits per heavy atom. The molecule has 2 amide bonds. The van der Waals surface area contributed by atoms with Crippen LogP contribution in [-0.2, 0) is 17.5 Å². The summed E-state index contributed by atoms with van der Waals surface area (Å²) in [7, 11) is 1.54. The van der Waals surface area contributed by atoms with Crippen molar-refractivity contribution in [1.29, 1.82) is 0 Å². The van der Waals surface area contributed by atoms with Gasteiger partial charge in [0.1, 0.15) is 5.75 Å². The molecule has 2 aromatic carbocycles. The fourth-order valence-corrected chi connectivity index (χ4v) is 2.99. The van der Waals surface area contributed by atoms with E-state index in [9.17, 15) is 18.0 Å². The second-order valence-electron chi connectivity index (χ2n) is 6.48. The van der Waals surface area contributed by atoms with Gasteiger partial charge in [0.2, 0.25) is 0 Å². The number of methoxy groups -OCH3 is 1. The van der Waals surface area contributed by atoms with Crippen LogP contribution in [0.2, 0.25) is 0 Å². The number of rotatable bonds is 5. The first-order chi connectivity index (χ1) is 13.9. The summed E-state index contributed by atoms with van der Waals surface area (Å²) in [5.41, 5.74) is 0.0623. The van der Waals surface area contributed by atoms with Crippen LogP contribution in [0.25, 0.3) is 0 Å². The van der Waals surface area contributed by atoms with Gasteiger partial charge < -0.3 is 25.0 Å². The smallest absolute Gasteiger partial charge is 0.418 e. The number of hydrogen-bond donors (Lipinski definition) is 2. The first-order valence-corrected chi connectivity index (χ1v) is 9.08. The highest BCUT2D eigenvalue weighted by molar-refractivity contribution is 5.90. The fraction of sp³-hybridized carbons (Fsp3) is 0.350. The van der Waals surface area contributed by atoms with Gasteiger partial charge in [0.05, 0.1) is 31.6 Å². The summed E-state index contributed by atoms with van der Waals surface area (Å²) in [6, 6.07) is 10.2. The first kappa shape index (κ1) is 20.8. The molecule has 1 fully saturated rings. The molecule has 1 aliphatic heterocycles. The van der Waals surface area contributed by atoms with E-state index >= 15 is 0 Å². The minimum absolute atomic E-state index is 0.170. The van der Waals surface area contributed by atoms with Crippen LogP contribution in [0.4, 0.5) is 29.3 Å². The number of amides is 2. The van der Waals surface area contributed by atoms with E-state index in [-0.39, 0.29) is 12.2 Å². The summed E-state index contributed by atoms with van der Waals surface area (Å²) >= 11 is 0. The number of nitrogens with zero attached hydrogens (tertiary/aromatic N) is 1. The topological polar surface area (TPSA) is 62.8 Å². The second kappa shape index (κ2) is 9.04. The van der Waals surface area contributed by atoms with E-state index < -0.39 is 17.8 Å². The molecular weight excluding hydrogens is 387 g/mol. The predicted molar refractivity (Wildman–Crippen MR) is 103 cm³/mol. The Hall–Kier alpha value is -2.94. The molecule has 1 heterocycles. The number of halogens is 3. The van der Waals surface area contributed by atoms with Crippen molar-refractivity contribution in [1.82, 2.24) is 5.32 Å². The van der Waals surface area contributed by atoms with Crippen LogP contribution in [0.1, 0.15) is 11.1 Å². The van der Waals surface area contributed by atoms with Crippen molar-refractivity contribution >= 4 is 17.4 Å². The van der Waals surface area contributed by atoms with E-state index in [0.717, 1.165) is 11.6 Å². The molecule has 0 atom stereocenters. The largest absolute Gasteiger partial charge is 0.497 e. The lowest BCUT2D eigenvalue weighted by molar-refractivity contribution is -0.136. The Kier molecular flexibility index (Phi) is 6.48. The summed E-state index contributed by atoms with van der Waals surface area (Å²) in [6.07, 6.45) is -4.60. The molecule has 0 spiro atoms. The Morgan fingerprint density at radius 1 is 1.14 bits per heavy atom. The van der Waals surface area contributed by atoms with Crippen LogP contribution < -0.4 is 20.3 Å². The highest BCUT2D eigenvalue weighted by atomic mass is 19.4. The molecule has 0 aliphatic carbocycles. The Balaban J connectivity index is 1.68. The summed E-state index contributed by atoms with van der Waals surface area (Å²) < 4.78 is 50.9. The molecule has 1 aliphatic rings. The lowest BCUT2D eigenvalue weighted by atomic mass is 10.1. The van der Waals surface area contributed by atoms with E-state index in [4.69, 9.17) is 9.47 Å². The van der Waals surface area contributed by atoms with Crippen LogP contribution >= 0.6 is 0 Å². The summed E-state index contributed by atoms with van der Waals surface area (Å²) in [4.78, 5) is 14.0. The lowest BCUT2D eigenvalue weighted by Crippen LogP contribution is -2.36. The van der Waals surface area contributed by atoms with Gasteiger partial charge in [-0.2, -0.15) is 13.2 Å². The molecule has 156 valence electrons. The highest BCUT2D eigenvalue weighted by Gasteiger charge is 2.34. The molecule has 6 nitrogen and oxygen atoms in total. The number of alkyl halides is 3. The van der Waals surface area contributed by atoms with Gasteiger partial charge in [-0.3, -0.25) is 0 Å². The van der Waals surface area contributed by atoms with Crippen molar-refractivity contribution in [3.63, 3.8) is 0 Å². The number of urea groups is 1. The maximum absolute atomic E-state index is 13.5. The zero-order chi connectivity index (χ0) is 20.9. The molecule has 3 rings (SSSR count). The number of nitrogens with one attached hydrogen (secondary N) is 2. The molecule has 0 radical (unpaired) electrons. The van der Waals surface area contributed by atoms with Crippen LogP contribution in [0, 0.1) is 0 Å². The van der Waals surface area contributed by atoms with Crippen molar-refractivity contribution in [2.24, 2.45) is 0 Å². The number of carbonyl (C=O) groups excluding carboxylic acids is 1. The van der Waals surface area contributed by atoms with Gasteiger partial charge in [0.25, 0.3) is 0 Å².